The third-order valence-electron chi connectivity index (χ3n) is 2.94. The van der Waals surface area contributed by atoms with Gasteiger partial charge >= 0.3 is 6.36 Å². The van der Waals surface area contributed by atoms with E-state index >= 15 is 0 Å². The van der Waals surface area contributed by atoms with Gasteiger partial charge in [0.2, 0.25) is 10.0 Å². The molecule has 0 aliphatic rings. The highest BCUT2D eigenvalue weighted by Crippen LogP contribution is 2.28. The summed E-state index contributed by atoms with van der Waals surface area (Å²) in [6.07, 6.45) is -4.90. The van der Waals surface area contributed by atoms with E-state index in [9.17, 15) is 26.7 Å². The van der Waals surface area contributed by atoms with E-state index in [2.05, 4.69) is 4.74 Å². The summed E-state index contributed by atoms with van der Waals surface area (Å²) in [7, 11) is -2.82. The van der Waals surface area contributed by atoms with Crippen molar-refractivity contribution in [2.75, 3.05) is 13.7 Å². The van der Waals surface area contributed by atoms with Gasteiger partial charge in [0.15, 0.2) is 0 Å². The molecule has 21 heavy (non-hydrogen) atoms. The average Bonchev–Trinajstić information content (AvgIpc) is 2.36. The highest BCUT2D eigenvalue weighted by Gasteiger charge is 2.35. The number of likely N-dealkylation sites (N-methyl/N-ethyl adjacent to an activating group) is 1. The summed E-state index contributed by atoms with van der Waals surface area (Å²) in [5.41, 5.74) is -1.10. The predicted molar refractivity (Wildman–Crippen MR) is 69.2 cm³/mol. The number of nitrogens with zero attached hydrogens (tertiary/aromatic N) is 1. The fourth-order valence-electron chi connectivity index (χ4n) is 1.41. The fourth-order valence-corrected chi connectivity index (χ4v) is 2.96. The van der Waals surface area contributed by atoms with Crippen molar-refractivity contribution in [1.82, 2.24) is 4.31 Å². The highest BCUT2D eigenvalue weighted by molar-refractivity contribution is 7.89. The number of ether oxygens (including phenoxy) is 1. The van der Waals surface area contributed by atoms with Crippen molar-refractivity contribution >= 4 is 10.0 Å². The minimum atomic E-state index is -4.90. The first-order valence-corrected chi connectivity index (χ1v) is 7.30. The maximum Gasteiger partial charge on any atom is 0.573 e. The van der Waals surface area contributed by atoms with E-state index in [0.717, 1.165) is 28.6 Å². The zero-order chi connectivity index (χ0) is 16.5. The van der Waals surface area contributed by atoms with Gasteiger partial charge in [0.25, 0.3) is 0 Å². The Morgan fingerprint density at radius 1 is 1.29 bits per heavy atom. The van der Waals surface area contributed by atoms with E-state index < -0.39 is 34.3 Å². The molecule has 0 saturated carbocycles. The third-order valence-corrected chi connectivity index (χ3v) is 5.00. The molecule has 120 valence electrons. The molecule has 0 radical (unpaired) electrons. The molecule has 1 N–H and O–H groups in total. The van der Waals surface area contributed by atoms with Gasteiger partial charge < -0.3 is 9.84 Å². The van der Waals surface area contributed by atoms with Crippen molar-refractivity contribution in [2.45, 2.75) is 30.6 Å². The molecule has 0 aliphatic heterocycles. The molecule has 5 nitrogen and oxygen atoms in total. The molecule has 1 rings (SSSR count). The van der Waals surface area contributed by atoms with E-state index in [1.54, 1.807) is 0 Å². The molecule has 0 fully saturated rings. The summed E-state index contributed by atoms with van der Waals surface area (Å²) in [5, 5.41) is 9.20. The van der Waals surface area contributed by atoms with Crippen LogP contribution in [0.4, 0.5) is 13.2 Å². The van der Waals surface area contributed by atoms with Gasteiger partial charge in [0.1, 0.15) is 5.75 Å². The molecule has 0 aliphatic carbocycles. The number of halogens is 3. The smallest absolute Gasteiger partial charge is 0.406 e. The molecule has 0 unspecified atom stereocenters. The summed E-state index contributed by atoms with van der Waals surface area (Å²) >= 11 is 0. The lowest BCUT2D eigenvalue weighted by atomic mass is 10.1. The molecule has 1 aromatic carbocycles. The molecule has 0 bridgehead atoms. The number of rotatable bonds is 5. The molecule has 1 aromatic rings. The second kappa shape index (κ2) is 5.82. The van der Waals surface area contributed by atoms with E-state index in [0.29, 0.717) is 0 Å². The monoisotopic (exact) mass is 327 g/mol. The summed E-state index contributed by atoms with van der Waals surface area (Å²) in [6.45, 7) is 2.53. The molecule has 0 atom stereocenters. The van der Waals surface area contributed by atoms with E-state index in [1.165, 1.54) is 20.9 Å². The predicted octanol–water partition coefficient (Wildman–Crippen LogP) is 1.98. The number of aliphatic hydroxyl groups excluding tert-OH is 1. The second-order valence-electron chi connectivity index (χ2n) is 4.97. The number of alkyl halides is 3. The third kappa shape index (κ3) is 4.32. The van der Waals surface area contributed by atoms with Gasteiger partial charge in [-0.3, -0.25) is 0 Å². The Morgan fingerprint density at radius 2 is 1.86 bits per heavy atom. The van der Waals surface area contributed by atoms with Gasteiger partial charge in [-0.2, -0.15) is 4.31 Å². The Kier molecular flexibility index (Phi) is 4.91. The summed E-state index contributed by atoms with van der Waals surface area (Å²) in [5.74, 6) is -0.626. The fraction of sp³-hybridized carbons (Fsp3) is 0.500. The Labute approximate surface area is 121 Å². The van der Waals surface area contributed by atoms with Crippen LogP contribution >= 0.6 is 0 Å². The largest absolute Gasteiger partial charge is 0.573 e. The molecular formula is C12H16F3NO4S. The van der Waals surface area contributed by atoms with Crippen LogP contribution in [0.1, 0.15) is 13.8 Å². The second-order valence-corrected chi connectivity index (χ2v) is 6.94. The van der Waals surface area contributed by atoms with Crippen molar-refractivity contribution in [2.24, 2.45) is 0 Å². The maximum atomic E-state index is 12.3. The topological polar surface area (TPSA) is 66.8 Å². The van der Waals surface area contributed by atoms with Gasteiger partial charge in [-0.25, -0.2) is 8.42 Å². The van der Waals surface area contributed by atoms with Crippen LogP contribution in [0.25, 0.3) is 0 Å². The van der Waals surface area contributed by atoms with Crippen LogP contribution < -0.4 is 4.74 Å². The quantitative estimate of drug-likeness (QED) is 0.898. The maximum absolute atomic E-state index is 12.3. The first kappa shape index (κ1) is 17.7. The lowest BCUT2D eigenvalue weighted by molar-refractivity contribution is -0.274. The zero-order valence-electron chi connectivity index (χ0n) is 11.7. The van der Waals surface area contributed by atoms with Crippen LogP contribution in [-0.2, 0) is 10.0 Å². The molecule has 0 amide bonds. The molecule has 0 saturated heterocycles. The van der Waals surface area contributed by atoms with E-state index in [1.807, 2.05) is 0 Å². The number of benzene rings is 1. The summed E-state index contributed by atoms with van der Waals surface area (Å²) in [4.78, 5) is -0.353. The normalized spacial score (nSPS) is 13.5. The molecule has 0 heterocycles. The summed E-state index contributed by atoms with van der Waals surface area (Å²) in [6, 6.07) is 4.09. The van der Waals surface area contributed by atoms with E-state index in [4.69, 9.17) is 0 Å². The van der Waals surface area contributed by atoms with Crippen molar-refractivity contribution in [1.29, 1.82) is 0 Å². The lowest BCUT2D eigenvalue weighted by Gasteiger charge is -2.32. The lowest BCUT2D eigenvalue weighted by Crippen LogP contribution is -2.47. The number of sulfonamides is 1. The Hall–Kier alpha value is -1.32. The van der Waals surface area contributed by atoms with Crippen molar-refractivity contribution < 1.29 is 31.4 Å². The van der Waals surface area contributed by atoms with Gasteiger partial charge in [-0.05, 0) is 26.0 Å². The number of aliphatic hydroxyl groups is 1. The Balaban J connectivity index is 3.19. The van der Waals surface area contributed by atoms with Crippen molar-refractivity contribution in [3.8, 4) is 5.75 Å². The SMILES string of the molecule is CN(C(C)(C)CO)S(=O)(=O)c1cccc(OC(F)(F)F)c1. The minimum Gasteiger partial charge on any atom is -0.406 e. The number of hydrogen-bond donors (Lipinski definition) is 1. The average molecular weight is 327 g/mol. The minimum absolute atomic E-state index is 0.353. The van der Waals surface area contributed by atoms with Crippen molar-refractivity contribution in [3.05, 3.63) is 24.3 Å². The van der Waals surface area contributed by atoms with Crippen LogP contribution in [0.3, 0.4) is 0 Å². The van der Waals surface area contributed by atoms with Crippen molar-refractivity contribution in [3.63, 3.8) is 0 Å². The van der Waals surface area contributed by atoms with Gasteiger partial charge in [0, 0.05) is 13.1 Å². The Bertz CT molecular complexity index is 599. The van der Waals surface area contributed by atoms with Crippen LogP contribution in [0, 0.1) is 0 Å². The van der Waals surface area contributed by atoms with Gasteiger partial charge in [-0.1, -0.05) is 6.07 Å². The molecule has 0 spiro atoms. The van der Waals surface area contributed by atoms with E-state index in [-0.39, 0.29) is 4.90 Å². The first-order chi connectivity index (χ1) is 9.40. The van der Waals surface area contributed by atoms with Crippen LogP contribution in [0.5, 0.6) is 5.75 Å². The number of hydrogen-bond acceptors (Lipinski definition) is 4. The molecule has 9 heteroatoms. The molecule has 0 aromatic heterocycles. The van der Waals surface area contributed by atoms with Crippen LogP contribution in [0.15, 0.2) is 29.2 Å². The highest BCUT2D eigenvalue weighted by atomic mass is 32.2. The zero-order valence-corrected chi connectivity index (χ0v) is 12.5. The van der Waals surface area contributed by atoms with Crippen LogP contribution in [-0.4, -0.2) is 43.4 Å². The standard InChI is InChI=1S/C12H16F3NO4S/c1-11(2,8-17)16(3)21(18,19)10-6-4-5-9(7-10)20-12(13,14)15/h4-7,17H,8H2,1-3H3. The summed E-state index contributed by atoms with van der Waals surface area (Å²) < 4.78 is 65.7. The Morgan fingerprint density at radius 3 is 2.33 bits per heavy atom. The van der Waals surface area contributed by atoms with Gasteiger partial charge in [-0.15, -0.1) is 13.2 Å². The van der Waals surface area contributed by atoms with Crippen LogP contribution in [0.2, 0.25) is 0 Å². The first-order valence-electron chi connectivity index (χ1n) is 5.86. The molecular weight excluding hydrogens is 311 g/mol. The van der Waals surface area contributed by atoms with Gasteiger partial charge in [0.05, 0.1) is 17.0 Å².